The lowest BCUT2D eigenvalue weighted by molar-refractivity contribution is -0.388. The van der Waals surface area contributed by atoms with Crippen LogP contribution in [0.2, 0.25) is 0 Å². The predicted molar refractivity (Wildman–Crippen MR) is 59.2 cm³/mol. The molecule has 0 saturated heterocycles. The average molecular weight is 245 g/mol. The quantitative estimate of drug-likeness (QED) is 0.370. The predicted octanol–water partition coefficient (Wildman–Crippen LogP) is 1.49. The van der Waals surface area contributed by atoms with Crippen LogP contribution in [0.1, 0.15) is 0 Å². The summed E-state index contributed by atoms with van der Waals surface area (Å²) < 4.78 is 3.98. The molecule has 0 spiro atoms. The van der Waals surface area contributed by atoms with Crippen LogP contribution in [0.25, 0.3) is 0 Å². The molecule has 1 aromatic heterocycles. The first-order valence-electron chi connectivity index (χ1n) is 3.85. The third-order valence-corrected chi connectivity index (χ3v) is 3.34. The summed E-state index contributed by atoms with van der Waals surface area (Å²) in [6.07, 6.45) is 1.49. The molecule has 0 bridgehead atoms. The van der Waals surface area contributed by atoms with Crippen molar-refractivity contribution in [2.24, 2.45) is 4.40 Å². The molecule has 1 atom stereocenters. The van der Waals surface area contributed by atoms with Crippen molar-refractivity contribution in [1.82, 2.24) is 10.3 Å². The van der Waals surface area contributed by atoms with Crippen molar-refractivity contribution in [2.45, 2.75) is 5.03 Å². The summed E-state index contributed by atoms with van der Waals surface area (Å²) in [5, 5.41) is 13.9. The SMILES string of the molecule is O=[N+]([O-])c1cccnc1S1=CNC(Cl)=N1. The molecule has 8 heteroatoms. The molecule has 1 aliphatic heterocycles. The van der Waals surface area contributed by atoms with Crippen LogP contribution in [0.5, 0.6) is 0 Å². The van der Waals surface area contributed by atoms with E-state index >= 15 is 0 Å². The van der Waals surface area contributed by atoms with E-state index in [4.69, 9.17) is 11.6 Å². The molecular weight excluding hydrogens is 240 g/mol. The molecule has 1 aliphatic rings. The molecule has 0 amide bonds. The second kappa shape index (κ2) is 3.95. The molecular formula is C7H5ClN4O2S. The smallest absolute Gasteiger partial charge is 0.302 e. The first kappa shape index (κ1) is 10.1. The fourth-order valence-corrected chi connectivity index (χ4v) is 2.59. The summed E-state index contributed by atoms with van der Waals surface area (Å²) in [5.41, 5.74) is 1.53. The Morgan fingerprint density at radius 1 is 1.60 bits per heavy atom. The van der Waals surface area contributed by atoms with Crippen molar-refractivity contribution in [3.05, 3.63) is 28.4 Å². The van der Waals surface area contributed by atoms with Gasteiger partial charge in [-0.15, -0.1) is 0 Å². The van der Waals surface area contributed by atoms with Gasteiger partial charge in [-0.05, 0) is 17.7 Å². The van der Waals surface area contributed by atoms with Gasteiger partial charge in [0.2, 0.25) is 5.29 Å². The average Bonchev–Trinajstić information content (AvgIpc) is 2.65. The number of pyridine rings is 1. The standard InChI is InChI=1S/C7H5ClN4O2S/c8-7-10-4-15(11-7)6-5(12(13)14)2-1-3-9-6/h1-4H,(H,10,11). The Labute approximate surface area is 92.2 Å². The lowest BCUT2D eigenvalue weighted by Gasteiger charge is -1.98. The second-order valence-electron chi connectivity index (χ2n) is 2.54. The van der Waals surface area contributed by atoms with Gasteiger partial charge in [-0.3, -0.25) is 10.1 Å². The molecule has 1 unspecified atom stereocenters. The molecule has 0 aromatic carbocycles. The van der Waals surface area contributed by atoms with Crippen LogP contribution in [0.3, 0.4) is 0 Å². The van der Waals surface area contributed by atoms with Gasteiger partial charge >= 0.3 is 5.69 Å². The number of aromatic nitrogens is 1. The zero-order chi connectivity index (χ0) is 10.8. The Hall–Kier alpha value is -1.47. The number of nitrogens with one attached hydrogen (secondary N) is 1. The van der Waals surface area contributed by atoms with E-state index in [0.29, 0.717) is 5.03 Å². The van der Waals surface area contributed by atoms with Crippen LogP contribution in [0.15, 0.2) is 27.8 Å². The van der Waals surface area contributed by atoms with Gasteiger partial charge < -0.3 is 5.32 Å². The third-order valence-electron chi connectivity index (χ3n) is 1.61. The molecule has 6 nitrogen and oxygen atoms in total. The van der Waals surface area contributed by atoms with Crippen molar-refractivity contribution >= 4 is 38.7 Å². The summed E-state index contributed by atoms with van der Waals surface area (Å²) in [6, 6.07) is 2.91. The Kier molecular flexibility index (Phi) is 2.65. The minimum absolute atomic E-state index is 0.0472. The third kappa shape index (κ3) is 1.97. The second-order valence-corrected chi connectivity index (χ2v) is 4.34. The normalized spacial score (nSPS) is 19.0. The maximum Gasteiger partial charge on any atom is 0.302 e. The summed E-state index contributed by atoms with van der Waals surface area (Å²) in [7, 11) is -0.786. The molecule has 0 radical (unpaired) electrons. The van der Waals surface area contributed by atoms with E-state index in [1.54, 1.807) is 5.49 Å². The highest BCUT2D eigenvalue weighted by molar-refractivity contribution is 8.14. The summed E-state index contributed by atoms with van der Waals surface area (Å²) >= 11 is 5.61. The largest absolute Gasteiger partial charge is 0.330 e. The highest BCUT2D eigenvalue weighted by Crippen LogP contribution is 2.34. The van der Waals surface area contributed by atoms with E-state index in [9.17, 15) is 10.1 Å². The van der Waals surface area contributed by atoms with E-state index in [0.717, 1.165) is 0 Å². The Morgan fingerprint density at radius 3 is 3.00 bits per heavy atom. The lowest BCUT2D eigenvalue weighted by Crippen LogP contribution is -2.09. The monoisotopic (exact) mass is 244 g/mol. The maximum absolute atomic E-state index is 10.7. The highest BCUT2D eigenvalue weighted by atomic mass is 35.5. The first-order chi connectivity index (χ1) is 7.18. The van der Waals surface area contributed by atoms with Crippen molar-refractivity contribution in [1.29, 1.82) is 0 Å². The fraction of sp³-hybridized carbons (Fsp3) is 0. The number of nitrogens with zero attached hydrogens (tertiary/aromatic N) is 3. The van der Waals surface area contributed by atoms with Gasteiger partial charge in [0.1, 0.15) is 0 Å². The number of hydrogen-bond acceptors (Lipinski definition) is 5. The topological polar surface area (TPSA) is 80.4 Å². The molecule has 1 N–H and O–H groups in total. The van der Waals surface area contributed by atoms with Gasteiger partial charge in [0.05, 0.1) is 10.4 Å². The van der Waals surface area contributed by atoms with E-state index < -0.39 is 15.6 Å². The van der Waals surface area contributed by atoms with Crippen LogP contribution >= 0.6 is 22.3 Å². The van der Waals surface area contributed by atoms with E-state index in [1.165, 1.54) is 18.3 Å². The molecule has 0 aliphatic carbocycles. The molecule has 15 heavy (non-hydrogen) atoms. The van der Waals surface area contributed by atoms with Gasteiger partial charge in [-0.2, -0.15) is 4.40 Å². The molecule has 2 rings (SSSR count). The van der Waals surface area contributed by atoms with Gasteiger partial charge in [0.25, 0.3) is 0 Å². The molecule has 0 fully saturated rings. The van der Waals surface area contributed by atoms with Crippen LogP contribution in [-0.2, 0) is 0 Å². The zero-order valence-corrected chi connectivity index (χ0v) is 8.83. The van der Waals surface area contributed by atoms with Gasteiger partial charge in [-0.25, -0.2) is 4.98 Å². The number of nitro groups is 1. The van der Waals surface area contributed by atoms with E-state index in [-0.39, 0.29) is 11.0 Å². The first-order valence-corrected chi connectivity index (χ1v) is 5.47. The maximum atomic E-state index is 10.7. The van der Waals surface area contributed by atoms with Crippen molar-refractivity contribution in [3.63, 3.8) is 0 Å². The number of rotatable bonds is 2. The zero-order valence-electron chi connectivity index (χ0n) is 7.25. The minimum atomic E-state index is -0.786. The van der Waals surface area contributed by atoms with Crippen molar-refractivity contribution in [3.8, 4) is 0 Å². The highest BCUT2D eigenvalue weighted by Gasteiger charge is 2.19. The number of amidine groups is 1. The molecule has 78 valence electrons. The van der Waals surface area contributed by atoms with E-state index in [1.807, 2.05) is 0 Å². The Morgan fingerprint density at radius 2 is 2.40 bits per heavy atom. The van der Waals surface area contributed by atoms with Gasteiger partial charge in [0, 0.05) is 22.9 Å². The molecule has 0 saturated carbocycles. The van der Waals surface area contributed by atoms with Crippen molar-refractivity contribution in [2.75, 3.05) is 0 Å². The Bertz CT molecular complexity index is 488. The van der Waals surface area contributed by atoms with E-state index in [2.05, 4.69) is 14.7 Å². The minimum Gasteiger partial charge on any atom is -0.330 e. The van der Waals surface area contributed by atoms with Crippen LogP contribution in [0, 0.1) is 10.1 Å². The molecule has 2 heterocycles. The van der Waals surface area contributed by atoms with Crippen LogP contribution in [0.4, 0.5) is 5.69 Å². The summed E-state index contributed by atoms with van der Waals surface area (Å²) in [4.78, 5) is 14.2. The molecule has 1 aromatic rings. The summed E-state index contributed by atoms with van der Waals surface area (Å²) in [6.45, 7) is 0. The number of halogens is 1. The lowest BCUT2D eigenvalue weighted by atomic mass is 10.4. The van der Waals surface area contributed by atoms with Gasteiger partial charge in [-0.1, -0.05) is 0 Å². The van der Waals surface area contributed by atoms with Crippen molar-refractivity contribution < 1.29 is 4.92 Å². The number of hydrogen-bond donors (Lipinski definition) is 1. The van der Waals surface area contributed by atoms with Crippen LogP contribution < -0.4 is 5.32 Å². The van der Waals surface area contributed by atoms with Gasteiger partial charge in [0.15, 0.2) is 5.03 Å². The summed E-state index contributed by atoms with van der Waals surface area (Å²) in [5.74, 6) is 0. The fourth-order valence-electron chi connectivity index (χ4n) is 1.02. The Balaban J connectivity index is 2.49. The van der Waals surface area contributed by atoms with Crippen LogP contribution in [-0.4, -0.2) is 20.7 Å².